The van der Waals surface area contributed by atoms with Gasteiger partial charge in [0.2, 0.25) is 0 Å². The largest absolute Gasteiger partial charge is 1.00 e. The maximum atomic E-state index is 10.8. The molecule has 66 heavy (non-hydrogen) atoms. The fourth-order valence-electron chi connectivity index (χ4n) is 6.46. The number of hydrogen-bond acceptors (Lipinski definition) is 9. The molecule has 0 aliphatic rings. The maximum absolute atomic E-state index is 10.8. The zero-order valence-electron chi connectivity index (χ0n) is 36.7. The maximum Gasteiger partial charge on any atom is 1.00 e. The third-order valence-corrected chi connectivity index (χ3v) is 9.23. The van der Waals surface area contributed by atoms with Crippen LogP contribution in [0.2, 0.25) is 0 Å². The number of aliphatic hydroxyl groups is 1. The molecular weight excluding hydrogens is 838 g/mol. The van der Waals surface area contributed by atoms with Crippen LogP contribution in [0.3, 0.4) is 0 Å². The molecule has 346 valence electrons. The molecule has 7 rings (SSSR count). The Morgan fingerprint density at radius 3 is 0.985 bits per heavy atom. The predicted octanol–water partition coefficient (Wildman–Crippen LogP) is 5.84. The fraction of sp³-hybridized carbons (Fsp3) is 0.222. The number of benzene rings is 6. The van der Waals surface area contributed by atoms with E-state index >= 15 is 0 Å². The topological polar surface area (TPSA) is 171 Å². The molecule has 0 radical (unpaired) electrons. The van der Waals surface area contributed by atoms with Crippen LogP contribution in [-0.2, 0) is 60.2 Å². The van der Waals surface area contributed by atoms with E-state index in [0.717, 1.165) is 57.9 Å². The molecule has 1 heterocycles. The minimum absolute atomic E-state index is 0. The number of carbonyl (C=O) groups is 3. The van der Waals surface area contributed by atoms with Crippen molar-refractivity contribution in [3.8, 4) is 0 Å². The van der Waals surface area contributed by atoms with Gasteiger partial charge in [-0.3, -0.25) is 24.3 Å². The van der Waals surface area contributed by atoms with Gasteiger partial charge in [-0.1, -0.05) is 197 Å². The molecule has 0 amide bonds. The second-order valence-corrected chi connectivity index (χ2v) is 14.1. The number of imidazole rings is 1. The number of rotatable bonds is 19. The summed E-state index contributed by atoms with van der Waals surface area (Å²) in [7, 11) is 0. The molecule has 0 saturated carbocycles. The van der Waals surface area contributed by atoms with Crippen molar-refractivity contribution in [2.24, 2.45) is 0 Å². The number of nitrogens with one attached hydrogen (secondary N) is 1. The number of nitrogens with zero attached hydrogens (tertiary/aromatic N) is 4. The van der Waals surface area contributed by atoms with Gasteiger partial charge in [-0.15, -0.1) is 0 Å². The van der Waals surface area contributed by atoms with E-state index in [2.05, 4.69) is 158 Å². The first kappa shape index (κ1) is 62.4. The van der Waals surface area contributed by atoms with Crippen molar-refractivity contribution in [1.29, 1.82) is 0 Å². The van der Waals surface area contributed by atoms with Crippen molar-refractivity contribution in [2.75, 3.05) is 19.7 Å². The van der Waals surface area contributed by atoms with E-state index in [1.165, 1.54) is 33.4 Å². The van der Waals surface area contributed by atoms with Crippen molar-refractivity contribution >= 4 is 18.9 Å². The van der Waals surface area contributed by atoms with E-state index in [4.69, 9.17) is 14.7 Å². The molecular formula is C54H68N5NaO6. The van der Waals surface area contributed by atoms with Crippen molar-refractivity contribution in [1.82, 2.24) is 24.7 Å². The molecule has 0 saturated heterocycles. The van der Waals surface area contributed by atoms with E-state index in [9.17, 15) is 4.79 Å². The summed E-state index contributed by atoms with van der Waals surface area (Å²) in [4.78, 5) is 42.7. The summed E-state index contributed by atoms with van der Waals surface area (Å²) in [5, 5.41) is 9.15. The van der Waals surface area contributed by atoms with Gasteiger partial charge in [0, 0.05) is 58.2 Å². The van der Waals surface area contributed by atoms with Gasteiger partial charge < -0.3 is 25.8 Å². The second-order valence-electron chi connectivity index (χ2n) is 14.1. The smallest absolute Gasteiger partial charge is 0.870 e. The molecule has 1 aromatic heterocycles. The van der Waals surface area contributed by atoms with Gasteiger partial charge in [0.25, 0.3) is 0 Å². The first-order valence-corrected chi connectivity index (χ1v) is 20.4. The molecule has 12 heteroatoms. The Morgan fingerprint density at radius 1 is 0.455 bits per heavy atom. The van der Waals surface area contributed by atoms with Gasteiger partial charge in [0.1, 0.15) is 12.1 Å². The third-order valence-electron chi connectivity index (χ3n) is 9.23. The van der Waals surface area contributed by atoms with Crippen molar-refractivity contribution in [3.63, 3.8) is 0 Å². The number of aldehydes is 3. The zero-order chi connectivity index (χ0) is 43.0. The van der Waals surface area contributed by atoms with E-state index in [1.807, 2.05) is 54.7 Å². The van der Waals surface area contributed by atoms with Crippen LogP contribution in [0.25, 0.3) is 0 Å². The first-order valence-electron chi connectivity index (χ1n) is 20.4. The van der Waals surface area contributed by atoms with Crippen molar-refractivity contribution in [3.05, 3.63) is 234 Å². The number of carbonyl (C=O) groups excluding carboxylic acids is 3. The minimum atomic E-state index is 0. The monoisotopic (exact) mass is 906 g/mol. The van der Waals surface area contributed by atoms with Crippen LogP contribution in [-0.4, -0.2) is 79.3 Å². The van der Waals surface area contributed by atoms with Crippen LogP contribution in [0, 0.1) is 0 Å². The Bertz CT molecular complexity index is 2010. The average molecular weight is 906 g/mol. The summed E-state index contributed by atoms with van der Waals surface area (Å²) >= 11 is 0. The van der Waals surface area contributed by atoms with Gasteiger partial charge in [-0.05, 0) is 33.4 Å². The first-order chi connectivity index (χ1) is 30.1. The van der Waals surface area contributed by atoms with Crippen LogP contribution in [0.1, 0.15) is 54.1 Å². The fourth-order valence-corrected chi connectivity index (χ4v) is 6.46. The van der Waals surface area contributed by atoms with Gasteiger partial charge in [-0.2, -0.15) is 0 Å². The van der Waals surface area contributed by atoms with Crippen LogP contribution in [0.4, 0.5) is 0 Å². The third kappa shape index (κ3) is 26.9. The molecule has 6 aromatic carbocycles. The second kappa shape index (κ2) is 39.6. The Kier molecular flexibility index (Phi) is 37.5. The number of aromatic amines is 1. The van der Waals surface area contributed by atoms with E-state index in [-0.39, 0.29) is 74.5 Å². The standard InChI is InChI=1S/C18H19N3.C16H19NO.C16H17NO.C2H2O2.2CH4.Na.2H2O/c1-3-7-16(8-4-1)13-21(15-18-19-11-12-20-18)14-17-9-5-2-6-10-17;2*18-12-11-17(13-15-7-3-1-4-8-15)14-16-9-5-2-6-10-16;3-1-2-4;;;;;/h1-12H,13-15H2,(H,19,20);1-10,18H,11-14H2;1-10,12H,11,13-14H2;1-2H;2*1H4;;2*1H2/q;;;;;;+1;;/p-1. The van der Waals surface area contributed by atoms with Gasteiger partial charge in [-0.25, -0.2) is 4.98 Å². The van der Waals surface area contributed by atoms with Crippen LogP contribution in [0.5, 0.6) is 0 Å². The van der Waals surface area contributed by atoms with Crippen LogP contribution >= 0.6 is 0 Å². The summed E-state index contributed by atoms with van der Waals surface area (Å²) in [6.07, 6.45) is 5.03. The Labute approximate surface area is 415 Å². The van der Waals surface area contributed by atoms with Gasteiger partial charge in [0.15, 0.2) is 12.6 Å². The molecule has 0 spiro atoms. The summed E-state index contributed by atoms with van der Waals surface area (Å²) < 4.78 is 0. The van der Waals surface area contributed by atoms with Crippen LogP contribution < -0.4 is 29.6 Å². The van der Waals surface area contributed by atoms with E-state index in [1.54, 1.807) is 6.20 Å². The molecule has 0 atom stereocenters. The molecule has 0 unspecified atom stereocenters. The molecule has 0 aliphatic carbocycles. The van der Waals surface area contributed by atoms with Gasteiger partial charge in [0.05, 0.1) is 19.7 Å². The molecule has 7 aromatic rings. The molecule has 11 nitrogen and oxygen atoms in total. The summed E-state index contributed by atoms with van der Waals surface area (Å²) in [6.45, 7) is 7.34. The van der Waals surface area contributed by atoms with Crippen LogP contribution in [0.15, 0.2) is 194 Å². The molecule has 5 N–H and O–H groups in total. The normalized spacial score (nSPS) is 9.58. The van der Waals surface area contributed by atoms with Crippen molar-refractivity contribution < 1.29 is 60.0 Å². The SMILES string of the molecule is C.C.O.O=CC=O.O=CCN(Cc1ccccc1)Cc1ccccc1.OCCN(Cc1ccccc1)Cc1ccccc1.[Na+].[OH-].c1ccc(CN(Cc2ccccc2)Cc2ncc[nH]2)cc1. The number of aliphatic hydroxyl groups excluding tert-OH is 1. The van der Waals surface area contributed by atoms with E-state index < -0.39 is 0 Å². The Hall–Kier alpha value is -5.70. The predicted molar refractivity (Wildman–Crippen MR) is 263 cm³/mol. The number of aromatic nitrogens is 2. The Balaban J connectivity index is 0. The summed E-state index contributed by atoms with van der Waals surface area (Å²) in [6, 6.07) is 62.3. The van der Waals surface area contributed by atoms with E-state index in [0.29, 0.717) is 13.1 Å². The Morgan fingerprint density at radius 2 is 0.742 bits per heavy atom. The minimum Gasteiger partial charge on any atom is -0.870 e. The molecule has 0 bridgehead atoms. The number of hydrogen-bond donors (Lipinski definition) is 2. The summed E-state index contributed by atoms with van der Waals surface area (Å²) in [5.74, 6) is 1.00. The summed E-state index contributed by atoms with van der Waals surface area (Å²) in [5.41, 5.74) is 7.66. The molecule has 0 aliphatic heterocycles. The number of H-pyrrole nitrogens is 1. The van der Waals surface area contributed by atoms with Crippen molar-refractivity contribution in [2.45, 2.75) is 60.7 Å². The molecule has 0 fully saturated rings. The zero-order valence-corrected chi connectivity index (χ0v) is 38.7. The quantitative estimate of drug-likeness (QED) is 0.0575. The average Bonchev–Trinajstić information content (AvgIpc) is 3.82. The van der Waals surface area contributed by atoms with Gasteiger partial charge >= 0.3 is 29.6 Å².